The molecule has 2 aromatic rings. The Hall–Kier alpha value is -1.41. The van der Waals surface area contributed by atoms with Crippen LogP contribution >= 0.6 is 18.7 Å². The van der Waals surface area contributed by atoms with Gasteiger partial charge in [-0.3, -0.25) is 5.10 Å². The molecule has 0 aliphatic rings. The molecule has 0 saturated heterocycles. The van der Waals surface area contributed by atoms with Gasteiger partial charge in [0.05, 0.1) is 19.1 Å². The molecule has 98 valence electrons. The van der Waals surface area contributed by atoms with Gasteiger partial charge < -0.3 is 4.52 Å². The van der Waals surface area contributed by atoms with Gasteiger partial charge in [-0.05, 0) is 18.6 Å². The fraction of sp³-hybridized carbons (Fsp3) is 0.250. The predicted octanol–water partition coefficient (Wildman–Crippen LogP) is 2.77. The Bertz CT molecular complexity index is 555. The maximum Gasteiger partial charge on any atom is 0.186 e. The molecule has 0 saturated carbocycles. The highest BCUT2D eigenvalue weighted by atomic mass is 32.7. The molecule has 1 aromatic heterocycles. The van der Waals surface area contributed by atoms with Crippen molar-refractivity contribution in [1.29, 1.82) is 5.26 Å². The van der Waals surface area contributed by atoms with Crippen LogP contribution in [-0.4, -0.2) is 21.8 Å². The summed E-state index contributed by atoms with van der Waals surface area (Å²) in [5, 5.41) is 15.3. The number of aryl methyl sites for hydroxylation is 1. The maximum atomic E-state index is 8.58. The summed E-state index contributed by atoms with van der Waals surface area (Å²) in [5.41, 5.74) is 1.92. The Balaban J connectivity index is 2.10. The second-order valence-electron chi connectivity index (χ2n) is 3.66. The first-order valence-electron chi connectivity index (χ1n) is 5.70. The zero-order valence-electron chi connectivity index (χ0n) is 10.4. The van der Waals surface area contributed by atoms with E-state index in [0.717, 1.165) is 10.5 Å². The molecule has 0 fully saturated rings. The van der Waals surface area contributed by atoms with Crippen molar-refractivity contribution in [3.05, 3.63) is 36.2 Å². The van der Waals surface area contributed by atoms with Crippen LogP contribution in [0.25, 0.3) is 0 Å². The van der Waals surface area contributed by atoms with Crippen LogP contribution in [0.5, 0.6) is 0 Å². The van der Waals surface area contributed by atoms with E-state index in [1.54, 1.807) is 11.4 Å². The lowest BCUT2D eigenvalue weighted by molar-refractivity contribution is 0.374. The molecule has 7 heteroatoms. The van der Waals surface area contributed by atoms with Gasteiger partial charge in [0.2, 0.25) is 0 Å². The first-order chi connectivity index (χ1) is 9.31. The van der Waals surface area contributed by atoms with Crippen LogP contribution in [0, 0.1) is 18.3 Å². The monoisotopic (exact) mass is 292 g/mol. The molecule has 1 aromatic carbocycles. The third-order valence-electron chi connectivity index (χ3n) is 2.27. The van der Waals surface area contributed by atoms with Crippen molar-refractivity contribution in [2.45, 2.75) is 18.2 Å². The van der Waals surface area contributed by atoms with Crippen molar-refractivity contribution in [2.75, 3.05) is 6.61 Å². The number of hydrogen-bond donors (Lipinski definition) is 1. The van der Waals surface area contributed by atoms with Gasteiger partial charge in [-0.25, -0.2) is 4.98 Å². The molecule has 1 N–H and O–H groups in total. The minimum Gasteiger partial charge on any atom is -0.340 e. The van der Waals surface area contributed by atoms with E-state index in [0.29, 0.717) is 13.0 Å². The van der Waals surface area contributed by atoms with Crippen LogP contribution < -0.4 is 5.57 Å². The minimum atomic E-state index is -0.986. The number of nitrogens with zero attached hydrogens (tertiary/aromatic N) is 3. The molecule has 1 heterocycles. The summed E-state index contributed by atoms with van der Waals surface area (Å²) >= 11 is 1.62. The largest absolute Gasteiger partial charge is 0.340 e. The van der Waals surface area contributed by atoms with E-state index in [-0.39, 0.29) is 0 Å². The van der Waals surface area contributed by atoms with Gasteiger partial charge in [0.1, 0.15) is 6.33 Å². The summed E-state index contributed by atoms with van der Waals surface area (Å²) in [6.45, 7) is 2.47. The summed E-state index contributed by atoms with van der Waals surface area (Å²) in [5.74, 6) is 0. The molecular formula is C12H13N4OPS. The number of aromatic nitrogens is 3. The van der Waals surface area contributed by atoms with E-state index in [2.05, 4.69) is 40.3 Å². The topological polar surface area (TPSA) is 74.6 Å². The second kappa shape index (κ2) is 7.25. The summed E-state index contributed by atoms with van der Waals surface area (Å²) in [7, 11) is -0.986. The van der Waals surface area contributed by atoms with Gasteiger partial charge in [-0.15, -0.1) is 0 Å². The standard InChI is InChI=1S/C12H13N4OPS/c1-10-5-2-3-6-11(10)19-18(17-8-4-7-13)12-14-9-15-16-12/h2-3,5-6,9H,4,8H2,1H3,(H,14,15,16). The van der Waals surface area contributed by atoms with Crippen molar-refractivity contribution in [3.63, 3.8) is 0 Å². The van der Waals surface area contributed by atoms with Gasteiger partial charge >= 0.3 is 0 Å². The van der Waals surface area contributed by atoms with Crippen molar-refractivity contribution in [3.8, 4) is 6.07 Å². The molecule has 1 atom stereocenters. The van der Waals surface area contributed by atoms with Gasteiger partial charge in [-0.1, -0.05) is 29.6 Å². The van der Waals surface area contributed by atoms with Crippen LogP contribution in [0.2, 0.25) is 0 Å². The number of nitriles is 1. The highest BCUT2D eigenvalue weighted by Gasteiger charge is 2.18. The van der Waals surface area contributed by atoms with Crippen LogP contribution in [0.1, 0.15) is 12.0 Å². The zero-order valence-corrected chi connectivity index (χ0v) is 12.1. The molecule has 2 rings (SSSR count). The van der Waals surface area contributed by atoms with Crippen molar-refractivity contribution >= 4 is 24.3 Å². The van der Waals surface area contributed by atoms with Crippen molar-refractivity contribution < 1.29 is 4.52 Å². The Morgan fingerprint density at radius 1 is 1.47 bits per heavy atom. The first-order valence-corrected chi connectivity index (χ1v) is 8.38. The molecule has 19 heavy (non-hydrogen) atoms. The van der Waals surface area contributed by atoms with Gasteiger partial charge in [0.15, 0.2) is 12.9 Å². The van der Waals surface area contributed by atoms with Crippen LogP contribution in [-0.2, 0) is 4.52 Å². The van der Waals surface area contributed by atoms with Gasteiger partial charge in [-0.2, -0.15) is 10.4 Å². The van der Waals surface area contributed by atoms with Crippen molar-refractivity contribution in [2.24, 2.45) is 0 Å². The lowest BCUT2D eigenvalue weighted by atomic mass is 10.2. The average Bonchev–Trinajstić information content (AvgIpc) is 2.94. The normalized spacial score (nSPS) is 12.0. The molecule has 0 radical (unpaired) electrons. The fourth-order valence-electron chi connectivity index (χ4n) is 1.34. The lowest BCUT2D eigenvalue weighted by Crippen LogP contribution is -2.06. The molecule has 5 nitrogen and oxygen atoms in total. The molecule has 0 aliphatic heterocycles. The fourth-order valence-corrected chi connectivity index (χ4v) is 4.73. The van der Waals surface area contributed by atoms with E-state index in [4.69, 9.17) is 9.79 Å². The van der Waals surface area contributed by atoms with E-state index in [1.807, 2.05) is 12.1 Å². The molecule has 1 unspecified atom stereocenters. The average molecular weight is 292 g/mol. The Morgan fingerprint density at radius 3 is 3.00 bits per heavy atom. The van der Waals surface area contributed by atoms with Crippen molar-refractivity contribution in [1.82, 2.24) is 15.2 Å². The van der Waals surface area contributed by atoms with E-state index in [9.17, 15) is 0 Å². The Kier molecular flexibility index (Phi) is 5.34. The number of benzene rings is 1. The summed E-state index contributed by atoms with van der Waals surface area (Å²) in [4.78, 5) is 5.31. The third-order valence-corrected chi connectivity index (χ3v) is 5.99. The quantitative estimate of drug-likeness (QED) is 0.654. The van der Waals surface area contributed by atoms with Gasteiger partial charge in [0, 0.05) is 4.90 Å². The van der Waals surface area contributed by atoms with Gasteiger partial charge in [0.25, 0.3) is 0 Å². The van der Waals surface area contributed by atoms with Crippen LogP contribution in [0.4, 0.5) is 0 Å². The first kappa shape index (κ1) is 14.0. The molecule has 0 aliphatic carbocycles. The highest BCUT2D eigenvalue weighted by molar-refractivity contribution is 8.56. The smallest absolute Gasteiger partial charge is 0.186 e. The zero-order chi connectivity index (χ0) is 13.5. The van der Waals surface area contributed by atoms with E-state index >= 15 is 0 Å². The maximum absolute atomic E-state index is 8.58. The number of aromatic amines is 1. The number of nitrogens with one attached hydrogen (secondary N) is 1. The molecule has 0 spiro atoms. The van der Waals surface area contributed by atoms with Crippen LogP contribution in [0.15, 0.2) is 35.5 Å². The SMILES string of the molecule is Cc1ccccc1SP(OCCC#N)c1ncn[nH]1. The molecule has 0 amide bonds. The lowest BCUT2D eigenvalue weighted by Gasteiger charge is -2.14. The summed E-state index contributed by atoms with van der Waals surface area (Å²) < 4.78 is 5.76. The number of H-pyrrole nitrogens is 1. The minimum absolute atomic E-state index is 0.376. The Morgan fingerprint density at radius 2 is 2.32 bits per heavy atom. The molecule has 0 bridgehead atoms. The van der Waals surface area contributed by atoms with E-state index < -0.39 is 7.35 Å². The number of hydrogen-bond acceptors (Lipinski definition) is 5. The predicted molar refractivity (Wildman–Crippen MR) is 76.2 cm³/mol. The number of rotatable bonds is 6. The highest BCUT2D eigenvalue weighted by Crippen LogP contribution is 2.53. The second-order valence-corrected chi connectivity index (χ2v) is 7.03. The van der Waals surface area contributed by atoms with E-state index in [1.165, 1.54) is 11.9 Å². The van der Waals surface area contributed by atoms with Crippen LogP contribution in [0.3, 0.4) is 0 Å². The molecular weight excluding hydrogens is 279 g/mol. The summed E-state index contributed by atoms with van der Waals surface area (Å²) in [6, 6.07) is 10.2. The third kappa shape index (κ3) is 4.03. The summed E-state index contributed by atoms with van der Waals surface area (Å²) in [6.07, 6.45) is 1.85. The Labute approximate surface area is 117 Å².